The molecule has 2 fully saturated rings. The van der Waals surface area contributed by atoms with Crippen LogP contribution in [0, 0.1) is 11.7 Å². The van der Waals surface area contributed by atoms with Crippen LogP contribution in [0.2, 0.25) is 0 Å². The van der Waals surface area contributed by atoms with Gasteiger partial charge in [0, 0.05) is 31.7 Å². The number of benzene rings is 1. The zero-order valence-electron chi connectivity index (χ0n) is 18.5. The van der Waals surface area contributed by atoms with E-state index in [0.717, 1.165) is 30.8 Å². The summed E-state index contributed by atoms with van der Waals surface area (Å²) in [5, 5.41) is 3.43. The third-order valence-corrected chi connectivity index (χ3v) is 7.60. The minimum Gasteiger partial charge on any atom is -0.492 e. The van der Waals surface area contributed by atoms with Crippen molar-refractivity contribution in [3.05, 3.63) is 32.5 Å². The fraction of sp³-hybridized carbons (Fsp3) is 0.545. The van der Waals surface area contributed by atoms with E-state index in [0.29, 0.717) is 41.4 Å². The highest BCUT2D eigenvalue weighted by Gasteiger charge is 2.35. The van der Waals surface area contributed by atoms with Crippen molar-refractivity contribution >= 4 is 50.7 Å². The maximum absolute atomic E-state index is 15.5. The van der Waals surface area contributed by atoms with Gasteiger partial charge in [-0.1, -0.05) is 0 Å². The minimum absolute atomic E-state index is 0. The van der Waals surface area contributed by atoms with Gasteiger partial charge in [-0.25, -0.2) is 8.78 Å². The first-order chi connectivity index (χ1) is 15.5. The lowest BCUT2D eigenvalue weighted by molar-refractivity contribution is 0.373. The Bertz CT molecular complexity index is 1300. The molecule has 7 nitrogen and oxygen atoms in total. The lowest BCUT2D eigenvalue weighted by atomic mass is 10.0. The molecule has 0 unspecified atom stereocenters. The standard InChI is InChI=1S/C22H26F2N4O3S.ClH/c1-11(25-7-6-23)12-5-8-27(10-12)18-15(24)9-14-17(20(18)31-2)28(13-3-4-13)22-16(19(14)29)21(30)26-32-22;/h9,11-13,25H,3-8,10H2,1-2H3,(H,26,30);1H/t11-,12-;/m1./s1. The number of methoxy groups -OCH3 is 1. The average molecular weight is 501 g/mol. The highest BCUT2D eigenvalue weighted by atomic mass is 35.5. The van der Waals surface area contributed by atoms with Crippen molar-refractivity contribution in [3.63, 3.8) is 0 Å². The van der Waals surface area contributed by atoms with Crippen molar-refractivity contribution in [2.24, 2.45) is 5.92 Å². The van der Waals surface area contributed by atoms with Crippen LogP contribution in [-0.2, 0) is 0 Å². The molecule has 33 heavy (non-hydrogen) atoms. The molecule has 180 valence electrons. The molecule has 0 spiro atoms. The summed E-state index contributed by atoms with van der Waals surface area (Å²) in [4.78, 5) is 28.0. The SMILES string of the molecule is COc1c(N2CC[C@@H]([C@@H](C)NCCF)C2)c(F)cc2c(=O)c3c(=O)[nH]sc3n(C3CC3)c12.Cl. The number of anilines is 1. The second-order valence-corrected chi connectivity index (χ2v) is 9.50. The van der Waals surface area contributed by atoms with E-state index in [1.54, 1.807) is 0 Å². The number of alkyl halides is 1. The summed E-state index contributed by atoms with van der Waals surface area (Å²) in [6, 6.07) is 1.51. The van der Waals surface area contributed by atoms with E-state index in [4.69, 9.17) is 4.74 Å². The van der Waals surface area contributed by atoms with Gasteiger partial charge < -0.3 is 19.5 Å². The summed E-state index contributed by atoms with van der Waals surface area (Å²) in [5.74, 6) is 0.0333. The lowest BCUT2D eigenvalue weighted by Crippen LogP contribution is -2.36. The molecule has 2 aliphatic rings. The van der Waals surface area contributed by atoms with E-state index in [-0.39, 0.29) is 41.2 Å². The predicted molar refractivity (Wildman–Crippen MR) is 130 cm³/mol. The molecule has 1 aromatic carbocycles. The van der Waals surface area contributed by atoms with Crippen LogP contribution in [0.15, 0.2) is 15.7 Å². The molecule has 1 aliphatic heterocycles. The number of ether oxygens (including phenoxy) is 1. The van der Waals surface area contributed by atoms with Gasteiger partial charge in [0.2, 0.25) is 5.43 Å². The number of hydrogen-bond donors (Lipinski definition) is 2. The van der Waals surface area contributed by atoms with Gasteiger partial charge in [0.25, 0.3) is 5.56 Å². The molecule has 2 N–H and O–H groups in total. The van der Waals surface area contributed by atoms with Crippen LogP contribution in [-0.4, -0.2) is 48.4 Å². The van der Waals surface area contributed by atoms with E-state index in [2.05, 4.69) is 9.69 Å². The molecule has 2 aromatic heterocycles. The van der Waals surface area contributed by atoms with E-state index in [1.165, 1.54) is 13.2 Å². The first kappa shape index (κ1) is 24.0. The third-order valence-electron chi connectivity index (χ3n) is 6.72. The molecular formula is C22H27ClF2N4O3S. The number of nitrogens with one attached hydrogen (secondary N) is 2. The molecule has 0 bridgehead atoms. The Labute approximate surface area is 199 Å². The number of halogens is 3. The summed E-state index contributed by atoms with van der Waals surface area (Å²) in [6.45, 7) is 3.14. The molecule has 3 aromatic rings. The Balaban J connectivity index is 0.00000259. The van der Waals surface area contributed by atoms with E-state index >= 15 is 4.39 Å². The number of nitrogens with zero attached hydrogens (tertiary/aromatic N) is 2. The van der Waals surface area contributed by atoms with E-state index in [9.17, 15) is 14.0 Å². The Morgan fingerprint density at radius 1 is 1.33 bits per heavy atom. The Hall–Kier alpha value is -2.17. The van der Waals surface area contributed by atoms with E-state index < -0.39 is 23.5 Å². The van der Waals surface area contributed by atoms with Crippen molar-refractivity contribution in [2.75, 3.05) is 38.3 Å². The van der Waals surface area contributed by atoms with Crippen LogP contribution in [0.1, 0.15) is 32.2 Å². The molecule has 2 atom stereocenters. The normalized spacial score (nSPS) is 19.3. The maximum atomic E-state index is 15.5. The van der Waals surface area contributed by atoms with Gasteiger partial charge in [-0.3, -0.25) is 14.0 Å². The molecular weight excluding hydrogens is 474 g/mol. The number of hydrogen-bond acceptors (Lipinski definition) is 6. The molecule has 5 rings (SSSR count). The third kappa shape index (κ3) is 3.91. The number of pyridine rings is 1. The van der Waals surface area contributed by atoms with Crippen molar-refractivity contribution < 1.29 is 13.5 Å². The number of aromatic nitrogens is 2. The summed E-state index contributed by atoms with van der Waals surface area (Å²) in [6.07, 6.45) is 2.70. The van der Waals surface area contributed by atoms with Crippen LogP contribution < -0.4 is 25.9 Å². The van der Waals surface area contributed by atoms with Crippen molar-refractivity contribution in [3.8, 4) is 5.75 Å². The van der Waals surface area contributed by atoms with Crippen LogP contribution in [0.3, 0.4) is 0 Å². The molecule has 1 aliphatic carbocycles. The van der Waals surface area contributed by atoms with Gasteiger partial charge in [-0.05, 0) is 49.7 Å². The predicted octanol–water partition coefficient (Wildman–Crippen LogP) is 3.58. The van der Waals surface area contributed by atoms with Crippen LogP contribution in [0.25, 0.3) is 21.1 Å². The van der Waals surface area contributed by atoms with Crippen molar-refractivity contribution in [1.82, 2.24) is 14.3 Å². The highest BCUT2D eigenvalue weighted by Crippen LogP contribution is 2.46. The smallest absolute Gasteiger partial charge is 0.271 e. The zero-order valence-corrected chi connectivity index (χ0v) is 20.1. The van der Waals surface area contributed by atoms with Gasteiger partial charge in [0.15, 0.2) is 11.6 Å². The summed E-state index contributed by atoms with van der Waals surface area (Å²) >= 11 is 1.13. The van der Waals surface area contributed by atoms with Gasteiger partial charge >= 0.3 is 0 Å². The number of rotatable bonds is 7. The van der Waals surface area contributed by atoms with Crippen LogP contribution in [0.5, 0.6) is 5.75 Å². The van der Waals surface area contributed by atoms with Gasteiger partial charge in [0.05, 0.1) is 18.0 Å². The zero-order chi connectivity index (χ0) is 22.6. The lowest BCUT2D eigenvalue weighted by Gasteiger charge is -2.26. The molecule has 0 amide bonds. The topological polar surface area (TPSA) is 79.4 Å². The summed E-state index contributed by atoms with van der Waals surface area (Å²) in [5.41, 5.74) is -0.0178. The molecule has 11 heteroatoms. The first-order valence-electron chi connectivity index (χ1n) is 11.0. The number of fused-ring (bicyclic) bond motifs is 2. The molecule has 1 saturated carbocycles. The molecule has 3 heterocycles. The van der Waals surface area contributed by atoms with Crippen molar-refractivity contribution in [1.29, 1.82) is 0 Å². The Kier molecular flexibility index (Phi) is 6.70. The number of H-pyrrole nitrogens is 1. The monoisotopic (exact) mass is 500 g/mol. The Morgan fingerprint density at radius 3 is 2.76 bits per heavy atom. The second-order valence-electron chi connectivity index (χ2n) is 8.71. The van der Waals surface area contributed by atoms with Crippen LogP contribution in [0.4, 0.5) is 14.5 Å². The number of aromatic amines is 1. The highest BCUT2D eigenvalue weighted by molar-refractivity contribution is 7.12. The first-order valence-corrected chi connectivity index (χ1v) is 11.8. The van der Waals surface area contributed by atoms with Crippen molar-refractivity contribution in [2.45, 2.75) is 38.3 Å². The summed E-state index contributed by atoms with van der Waals surface area (Å²) < 4.78 is 38.4. The average Bonchev–Trinajstić information content (AvgIpc) is 3.37. The minimum atomic E-state index is -0.537. The maximum Gasteiger partial charge on any atom is 0.271 e. The van der Waals surface area contributed by atoms with Gasteiger partial charge in [0.1, 0.15) is 22.6 Å². The fourth-order valence-corrected chi connectivity index (χ4v) is 5.85. The van der Waals surface area contributed by atoms with Crippen LogP contribution >= 0.6 is 23.9 Å². The van der Waals surface area contributed by atoms with Gasteiger partial charge in [-0.15, -0.1) is 12.4 Å². The van der Waals surface area contributed by atoms with E-state index in [1.807, 2.05) is 16.4 Å². The largest absolute Gasteiger partial charge is 0.492 e. The molecule has 1 saturated heterocycles. The molecule has 0 radical (unpaired) electrons. The fourth-order valence-electron chi connectivity index (χ4n) is 4.94. The second kappa shape index (κ2) is 9.23. The quantitative estimate of drug-likeness (QED) is 0.518. The Morgan fingerprint density at radius 2 is 2.09 bits per heavy atom. The summed E-state index contributed by atoms with van der Waals surface area (Å²) in [7, 11) is 1.49. The van der Waals surface area contributed by atoms with Gasteiger partial charge in [-0.2, -0.15) is 0 Å².